The lowest BCUT2D eigenvalue weighted by molar-refractivity contribution is -0.00000882. The summed E-state index contributed by atoms with van der Waals surface area (Å²) in [5, 5.41) is 8.49. The normalized spacial score (nSPS) is 11.4. The summed E-state index contributed by atoms with van der Waals surface area (Å²) in [5.41, 5.74) is 2.74. The Labute approximate surface area is 287 Å². The van der Waals surface area contributed by atoms with Gasteiger partial charge in [-0.05, 0) is 83.9 Å². The van der Waals surface area contributed by atoms with Crippen molar-refractivity contribution in [3.63, 3.8) is 0 Å². The van der Waals surface area contributed by atoms with Crippen LogP contribution in [0.1, 0.15) is 11.1 Å². The third-order valence-corrected chi connectivity index (χ3v) is 17.8. The molecule has 3 heteroatoms. The van der Waals surface area contributed by atoms with Crippen molar-refractivity contribution in [2.45, 2.75) is 12.3 Å². The lowest BCUT2D eigenvalue weighted by atomic mass is 10.2. The minimum Gasteiger partial charge on any atom is -1.00 e. The maximum atomic E-state index is 2.40. The fourth-order valence-corrected chi connectivity index (χ4v) is 15.3. The van der Waals surface area contributed by atoms with E-state index in [0.29, 0.717) is 0 Å². The summed E-state index contributed by atoms with van der Waals surface area (Å²) in [4.78, 5) is 0. The Balaban J connectivity index is 0.00000386. The minimum absolute atomic E-state index is 0. The highest BCUT2D eigenvalue weighted by molar-refractivity contribution is 7.95. The lowest BCUT2D eigenvalue weighted by Gasteiger charge is -2.29. The lowest BCUT2D eigenvalue weighted by Crippen LogP contribution is -3.00. The molecule has 0 aliphatic carbocycles. The molecule has 0 atom stereocenters. The molecule has 0 saturated heterocycles. The van der Waals surface area contributed by atoms with E-state index in [-0.39, 0.29) is 12.4 Å². The van der Waals surface area contributed by atoms with Gasteiger partial charge in [-0.3, -0.25) is 0 Å². The third-order valence-electron chi connectivity index (χ3n) is 9.04. The summed E-state index contributed by atoms with van der Waals surface area (Å²) in [6, 6.07) is 76.7. The molecule has 0 saturated carbocycles. The number of halogens is 1. The van der Waals surface area contributed by atoms with Crippen LogP contribution in [0.5, 0.6) is 0 Å². The summed E-state index contributed by atoms with van der Waals surface area (Å²) < 4.78 is 0. The molecule has 0 bridgehead atoms. The second kappa shape index (κ2) is 15.1. The molecule has 0 aromatic heterocycles. The number of hydrogen-bond acceptors (Lipinski definition) is 0. The molecule has 0 amide bonds. The smallest absolute Gasteiger partial charge is 0.116 e. The van der Waals surface area contributed by atoms with Gasteiger partial charge >= 0.3 is 0 Å². The molecular formula is C44H38ClP2+. The van der Waals surface area contributed by atoms with Gasteiger partial charge in [-0.25, -0.2) is 0 Å². The third kappa shape index (κ3) is 6.61. The summed E-state index contributed by atoms with van der Waals surface area (Å²) in [7, 11) is -3.94. The van der Waals surface area contributed by atoms with Gasteiger partial charge in [0.05, 0.1) is 12.3 Å². The summed E-state index contributed by atoms with van der Waals surface area (Å²) in [5.74, 6) is 0. The van der Waals surface area contributed by atoms with Crippen molar-refractivity contribution in [1.29, 1.82) is 0 Å². The average molecular weight is 664 g/mol. The van der Waals surface area contributed by atoms with Gasteiger partial charge < -0.3 is 12.4 Å². The zero-order valence-electron chi connectivity index (χ0n) is 26.3. The first-order valence-corrected chi connectivity index (χ1v) is 19.9. The van der Waals surface area contributed by atoms with Gasteiger partial charge in [-0.1, -0.05) is 133 Å². The van der Waals surface area contributed by atoms with E-state index >= 15 is 0 Å². The van der Waals surface area contributed by atoms with E-state index in [1.807, 2.05) is 0 Å². The largest absolute Gasteiger partial charge is 1.00 e. The van der Waals surface area contributed by atoms with Crippen molar-refractivity contribution in [2.24, 2.45) is 0 Å². The van der Waals surface area contributed by atoms with Crippen LogP contribution in [-0.2, 0) is 12.3 Å². The van der Waals surface area contributed by atoms with Crippen molar-refractivity contribution in [2.75, 3.05) is 0 Å². The van der Waals surface area contributed by atoms with Crippen LogP contribution < -0.4 is 44.2 Å². The predicted octanol–water partition coefficient (Wildman–Crippen LogP) is 5.68. The van der Waals surface area contributed by atoms with E-state index in [1.54, 1.807) is 0 Å². The fraction of sp³-hybridized carbons (Fsp3) is 0.0455. The molecule has 0 N–H and O–H groups in total. The minimum atomic E-state index is -1.97. The Hall–Kier alpha value is -4.31. The van der Waals surface area contributed by atoms with Crippen LogP contribution in [-0.4, -0.2) is 0 Å². The number of rotatable bonds is 10. The van der Waals surface area contributed by atoms with Gasteiger partial charge in [0.1, 0.15) is 46.4 Å². The first kappa shape index (κ1) is 32.6. The van der Waals surface area contributed by atoms with Gasteiger partial charge in [0.2, 0.25) is 0 Å². The maximum absolute atomic E-state index is 2.40. The summed E-state index contributed by atoms with van der Waals surface area (Å²) >= 11 is 0. The van der Waals surface area contributed by atoms with E-state index in [9.17, 15) is 0 Å². The highest BCUT2D eigenvalue weighted by Gasteiger charge is 2.47. The Morgan fingerprint density at radius 1 is 0.234 bits per heavy atom. The summed E-state index contributed by atoms with van der Waals surface area (Å²) in [6.07, 6.45) is 1.95. The van der Waals surface area contributed by atoms with E-state index < -0.39 is 14.5 Å². The molecular weight excluding hydrogens is 626 g/mol. The van der Waals surface area contributed by atoms with Crippen LogP contribution in [0.4, 0.5) is 0 Å². The molecule has 230 valence electrons. The quantitative estimate of drug-likeness (QED) is 0.165. The number of hydrogen-bond donors (Lipinski definition) is 0. The number of benzene rings is 7. The van der Waals surface area contributed by atoms with Gasteiger partial charge in [-0.15, -0.1) is 0 Å². The molecule has 0 nitrogen and oxygen atoms in total. The van der Waals surface area contributed by atoms with Gasteiger partial charge in [0.25, 0.3) is 0 Å². The average Bonchev–Trinajstić information content (AvgIpc) is 3.16. The first-order valence-electron chi connectivity index (χ1n) is 16.0. The van der Waals surface area contributed by atoms with E-state index in [0.717, 1.165) is 12.3 Å². The highest BCUT2D eigenvalue weighted by Crippen LogP contribution is 2.59. The zero-order valence-corrected chi connectivity index (χ0v) is 28.9. The fourth-order valence-electron chi connectivity index (χ4n) is 6.83. The molecule has 7 aromatic carbocycles. The van der Waals surface area contributed by atoms with Gasteiger partial charge in [0, 0.05) is 0 Å². The van der Waals surface area contributed by atoms with Crippen LogP contribution >= 0.6 is 14.5 Å². The van der Waals surface area contributed by atoms with Crippen LogP contribution in [0.15, 0.2) is 206 Å². The van der Waals surface area contributed by atoms with Crippen molar-refractivity contribution in [3.8, 4) is 0 Å². The van der Waals surface area contributed by atoms with Crippen molar-refractivity contribution in [1.82, 2.24) is 0 Å². The molecule has 0 radical (unpaired) electrons. The maximum Gasteiger partial charge on any atom is 0.116 e. The second-order valence-electron chi connectivity index (χ2n) is 11.8. The van der Waals surface area contributed by atoms with Gasteiger partial charge in [-0.2, -0.15) is 0 Å². The van der Waals surface area contributed by atoms with Gasteiger partial charge in [0.15, 0.2) is 0 Å². The molecule has 0 unspecified atom stereocenters. The van der Waals surface area contributed by atoms with Crippen molar-refractivity contribution >= 4 is 46.4 Å². The SMILES string of the molecule is [Cl-].c1ccc([P+](Cc2ccc(C[P+](c3ccccc3)(c3ccccc3)c3ccccc3)cc2)(c2ccccc2)c2ccccc2)cc1. The monoisotopic (exact) mass is 663 g/mol. The second-order valence-corrected chi connectivity index (χ2v) is 18.7. The molecule has 7 rings (SSSR count). The Morgan fingerprint density at radius 3 is 0.574 bits per heavy atom. The Kier molecular flexibility index (Phi) is 10.5. The molecule has 0 spiro atoms. The molecule has 7 aromatic rings. The molecule has 0 heterocycles. The molecule has 0 aliphatic rings. The Bertz CT molecular complexity index is 1610. The van der Waals surface area contributed by atoms with E-state index in [2.05, 4.69) is 206 Å². The topological polar surface area (TPSA) is 0 Å². The van der Waals surface area contributed by atoms with Crippen LogP contribution in [0.2, 0.25) is 0 Å². The predicted molar refractivity (Wildman–Crippen MR) is 204 cm³/mol. The van der Waals surface area contributed by atoms with Crippen molar-refractivity contribution < 1.29 is 12.4 Å². The first-order chi connectivity index (χ1) is 22.8. The summed E-state index contributed by atoms with van der Waals surface area (Å²) in [6.45, 7) is 0. The zero-order chi connectivity index (χ0) is 31.1. The van der Waals surface area contributed by atoms with Crippen LogP contribution in [0.3, 0.4) is 0 Å². The standard InChI is InChI=1S/C44H38P2.ClH/c1-7-19-39(20-8-1)45(40-21-9-2-10-22-40,41-23-11-3-12-24-41)35-37-31-33-38(34-32-37)36-46(42-25-13-4-14-26-42,43-27-15-5-16-28-43)44-29-17-6-18-30-44;/h1-34H,35-36H2;1H/q+2;/p-1. The van der Waals surface area contributed by atoms with E-state index in [1.165, 1.54) is 43.0 Å². The van der Waals surface area contributed by atoms with Crippen LogP contribution in [0.25, 0.3) is 0 Å². The molecule has 0 aliphatic heterocycles. The molecule has 47 heavy (non-hydrogen) atoms. The van der Waals surface area contributed by atoms with E-state index in [4.69, 9.17) is 0 Å². The Morgan fingerprint density at radius 2 is 0.404 bits per heavy atom. The van der Waals surface area contributed by atoms with Crippen LogP contribution in [0, 0.1) is 0 Å². The molecule has 0 fully saturated rings. The highest BCUT2D eigenvalue weighted by atomic mass is 35.5. The van der Waals surface area contributed by atoms with Crippen molar-refractivity contribution in [3.05, 3.63) is 217 Å².